The summed E-state index contributed by atoms with van der Waals surface area (Å²) in [6, 6.07) is 7.21. The molecule has 0 N–H and O–H groups in total. The van der Waals surface area contributed by atoms with Crippen molar-refractivity contribution in [2.45, 2.75) is 32.2 Å². The highest BCUT2D eigenvalue weighted by atomic mass is 16.5. The monoisotopic (exact) mass is 351 g/mol. The number of amides is 1. The average molecular weight is 351 g/mol. The first-order valence-corrected chi connectivity index (χ1v) is 8.82. The molecule has 1 amide bonds. The molecular weight excluding hydrogens is 330 g/mol. The minimum atomic E-state index is -0.0973. The number of rotatable bonds is 3. The highest BCUT2D eigenvalue weighted by molar-refractivity contribution is 5.92. The lowest BCUT2D eigenvalue weighted by atomic mass is 9.96. The molecule has 3 aromatic rings. The minimum Gasteiger partial charge on any atom is -0.356 e. The molecule has 1 aliphatic rings. The van der Waals surface area contributed by atoms with E-state index in [-0.39, 0.29) is 11.9 Å². The number of hydrogen-bond donors (Lipinski definition) is 0. The smallest absolute Gasteiger partial charge is 0.273 e. The third-order valence-electron chi connectivity index (χ3n) is 4.71. The van der Waals surface area contributed by atoms with E-state index >= 15 is 0 Å². The first-order chi connectivity index (χ1) is 12.6. The Morgan fingerprint density at radius 2 is 2.19 bits per heavy atom. The van der Waals surface area contributed by atoms with Crippen LogP contribution in [0, 0.1) is 6.92 Å². The van der Waals surface area contributed by atoms with Crippen LogP contribution in [-0.2, 0) is 7.05 Å². The molecule has 0 saturated carbocycles. The summed E-state index contributed by atoms with van der Waals surface area (Å²) < 4.78 is 7.22. The molecule has 0 radical (unpaired) electrons. The zero-order valence-electron chi connectivity index (χ0n) is 14.9. The largest absolute Gasteiger partial charge is 0.356 e. The van der Waals surface area contributed by atoms with Crippen LogP contribution in [0.4, 0.5) is 0 Å². The molecule has 1 fully saturated rings. The Balaban J connectivity index is 1.72. The molecule has 134 valence electrons. The van der Waals surface area contributed by atoms with Crippen molar-refractivity contribution in [3.63, 3.8) is 0 Å². The van der Waals surface area contributed by atoms with Crippen LogP contribution in [-0.4, -0.2) is 37.3 Å². The van der Waals surface area contributed by atoms with Crippen LogP contribution >= 0.6 is 0 Å². The Labute approximate surface area is 151 Å². The molecule has 1 atom stereocenters. The fourth-order valence-corrected chi connectivity index (χ4v) is 3.53. The maximum Gasteiger partial charge on any atom is 0.273 e. The second-order valence-electron chi connectivity index (χ2n) is 6.66. The molecule has 4 heterocycles. The summed E-state index contributed by atoms with van der Waals surface area (Å²) in [5.41, 5.74) is 3.03. The molecule has 3 aromatic heterocycles. The maximum absolute atomic E-state index is 13.0. The summed E-state index contributed by atoms with van der Waals surface area (Å²) in [6.07, 6.45) is 6.49. The van der Waals surface area contributed by atoms with E-state index in [1.54, 1.807) is 16.9 Å². The van der Waals surface area contributed by atoms with Gasteiger partial charge in [0.1, 0.15) is 5.69 Å². The van der Waals surface area contributed by atoms with Gasteiger partial charge in [-0.3, -0.25) is 14.5 Å². The maximum atomic E-state index is 13.0. The zero-order chi connectivity index (χ0) is 18.1. The minimum absolute atomic E-state index is 0.0550. The van der Waals surface area contributed by atoms with Gasteiger partial charge in [-0.15, -0.1) is 0 Å². The number of nitrogens with zero attached hydrogens (tertiary/aromatic N) is 5. The van der Waals surface area contributed by atoms with E-state index in [9.17, 15) is 4.79 Å². The number of carbonyl (C=O) groups is 1. The van der Waals surface area contributed by atoms with Crippen molar-refractivity contribution in [2.24, 2.45) is 7.05 Å². The topological polar surface area (TPSA) is 77.0 Å². The van der Waals surface area contributed by atoms with Crippen molar-refractivity contribution in [1.82, 2.24) is 24.8 Å². The summed E-state index contributed by atoms with van der Waals surface area (Å²) >= 11 is 0. The van der Waals surface area contributed by atoms with Crippen molar-refractivity contribution in [3.8, 4) is 11.3 Å². The van der Waals surface area contributed by atoms with Crippen LogP contribution in [0.25, 0.3) is 11.3 Å². The van der Waals surface area contributed by atoms with E-state index in [0.29, 0.717) is 18.0 Å². The van der Waals surface area contributed by atoms with Gasteiger partial charge in [-0.05, 0) is 38.3 Å². The van der Waals surface area contributed by atoms with E-state index in [0.717, 1.165) is 36.2 Å². The van der Waals surface area contributed by atoms with Crippen molar-refractivity contribution in [2.75, 3.05) is 6.54 Å². The number of pyridine rings is 1. The number of likely N-dealkylation sites (tertiary alicyclic amines) is 1. The van der Waals surface area contributed by atoms with Gasteiger partial charge in [0.05, 0.1) is 23.0 Å². The second-order valence-corrected chi connectivity index (χ2v) is 6.66. The Morgan fingerprint density at radius 3 is 2.92 bits per heavy atom. The SMILES string of the molecule is Cc1cc(-c2cn(C)nc2[C@H]2CCCCN2C(=O)c2ccccn2)on1. The first-order valence-electron chi connectivity index (χ1n) is 8.82. The van der Waals surface area contributed by atoms with E-state index in [1.807, 2.05) is 43.3 Å². The molecule has 7 nitrogen and oxygen atoms in total. The van der Waals surface area contributed by atoms with Crippen LogP contribution < -0.4 is 0 Å². The Bertz CT molecular complexity index is 915. The predicted octanol–water partition coefficient (Wildman–Crippen LogP) is 3.15. The van der Waals surface area contributed by atoms with Gasteiger partial charge in [0.25, 0.3) is 5.91 Å². The van der Waals surface area contributed by atoms with Crippen molar-refractivity contribution < 1.29 is 9.32 Å². The van der Waals surface area contributed by atoms with E-state index < -0.39 is 0 Å². The molecule has 0 spiro atoms. The summed E-state index contributed by atoms with van der Waals surface area (Å²) in [7, 11) is 1.88. The third kappa shape index (κ3) is 3.00. The van der Waals surface area contributed by atoms with Gasteiger partial charge in [0.2, 0.25) is 0 Å². The lowest BCUT2D eigenvalue weighted by molar-refractivity contribution is 0.0599. The summed E-state index contributed by atoms with van der Waals surface area (Å²) in [5, 5.41) is 8.65. The van der Waals surface area contributed by atoms with Crippen LogP contribution in [0.3, 0.4) is 0 Å². The second kappa shape index (κ2) is 6.74. The number of hydrogen-bond acceptors (Lipinski definition) is 5. The molecule has 7 heteroatoms. The van der Waals surface area contributed by atoms with Gasteiger partial charge in [-0.1, -0.05) is 11.2 Å². The molecule has 0 bridgehead atoms. The summed E-state index contributed by atoms with van der Waals surface area (Å²) in [5.74, 6) is 0.627. The molecule has 0 aliphatic carbocycles. The van der Waals surface area contributed by atoms with Gasteiger partial charge in [0.15, 0.2) is 5.76 Å². The highest BCUT2D eigenvalue weighted by Gasteiger charge is 2.33. The predicted molar refractivity (Wildman–Crippen MR) is 95.3 cm³/mol. The van der Waals surface area contributed by atoms with Gasteiger partial charge < -0.3 is 9.42 Å². The van der Waals surface area contributed by atoms with Crippen LogP contribution in [0.2, 0.25) is 0 Å². The van der Waals surface area contributed by atoms with Crippen molar-refractivity contribution in [3.05, 3.63) is 53.7 Å². The lowest BCUT2D eigenvalue weighted by Crippen LogP contribution is -2.39. The number of carbonyl (C=O) groups excluding carboxylic acids is 1. The summed E-state index contributed by atoms with van der Waals surface area (Å²) in [4.78, 5) is 19.2. The van der Waals surface area contributed by atoms with E-state index in [1.165, 1.54) is 0 Å². The fourth-order valence-electron chi connectivity index (χ4n) is 3.53. The zero-order valence-corrected chi connectivity index (χ0v) is 14.9. The van der Waals surface area contributed by atoms with Crippen LogP contribution in [0.5, 0.6) is 0 Å². The third-order valence-corrected chi connectivity index (χ3v) is 4.71. The van der Waals surface area contributed by atoms with Crippen LogP contribution in [0.15, 0.2) is 41.2 Å². The Kier molecular flexibility index (Phi) is 4.28. The Hall–Kier alpha value is -2.96. The highest BCUT2D eigenvalue weighted by Crippen LogP contribution is 2.36. The Morgan fingerprint density at radius 1 is 1.31 bits per heavy atom. The summed E-state index contributed by atoms with van der Waals surface area (Å²) in [6.45, 7) is 2.59. The molecular formula is C19H21N5O2. The number of aryl methyl sites for hydroxylation is 2. The standard InChI is InChI=1S/C19H21N5O2/c1-13-11-17(26-22-13)14-12-23(2)21-18(14)16-8-4-6-10-24(16)19(25)15-7-3-5-9-20-15/h3,5,7,9,11-12,16H,4,6,8,10H2,1-2H3/t16-/m1/s1. The van der Waals surface area contributed by atoms with Gasteiger partial charge in [-0.25, -0.2) is 0 Å². The first kappa shape index (κ1) is 16.5. The average Bonchev–Trinajstić information content (AvgIpc) is 3.27. The van der Waals surface area contributed by atoms with Crippen molar-refractivity contribution in [1.29, 1.82) is 0 Å². The normalized spacial score (nSPS) is 17.5. The quantitative estimate of drug-likeness (QED) is 0.724. The van der Waals surface area contributed by atoms with Crippen molar-refractivity contribution >= 4 is 5.91 Å². The van der Waals surface area contributed by atoms with Crippen LogP contribution in [0.1, 0.15) is 47.2 Å². The van der Waals surface area contributed by atoms with E-state index in [2.05, 4.69) is 15.2 Å². The fraction of sp³-hybridized carbons (Fsp3) is 0.368. The number of aromatic nitrogens is 4. The molecule has 4 rings (SSSR count). The molecule has 0 aromatic carbocycles. The van der Waals surface area contributed by atoms with Gasteiger partial charge in [-0.2, -0.15) is 5.10 Å². The molecule has 0 unspecified atom stereocenters. The van der Waals surface area contributed by atoms with Gasteiger partial charge in [0, 0.05) is 32.1 Å². The van der Waals surface area contributed by atoms with E-state index in [4.69, 9.17) is 4.52 Å². The lowest BCUT2D eigenvalue weighted by Gasteiger charge is -2.35. The molecule has 1 saturated heterocycles. The molecule has 26 heavy (non-hydrogen) atoms. The van der Waals surface area contributed by atoms with Gasteiger partial charge >= 0.3 is 0 Å². The number of piperidine rings is 1. The molecule has 1 aliphatic heterocycles.